The molecule has 0 radical (unpaired) electrons. The molecule has 4 heterocycles. The number of benzene rings is 1. The largest absolute Gasteiger partial charge is 0.378 e. The smallest absolute Gasteiger partial charge is 0.171 e. The lowest BCUT2D eigenvalue weighted by molar-refractivity contribution is 0.181. The second-order valence-electron chi connectivity index (χ2n) is 6.58. The second kappa shape index (κ2) is 5.16. The molecular formula is C17H22N4S. The minimum atomic E-state index is 0.183. The molecular weight excluding hydrogens is 292 g/mol. The number of allylic oxidation sites excluding steroid dienone is 1. The first-order valence-corrected chi connectivity index (χ1v) is 8.38. The predicted molar refractivity (Wildman–Crippen MR) is 93.7 cm³/mol. The molecule has 2 N–H and O–H groups in total. The molecule has 4 aliphatic heterocycles. The fraction of sp³-hybridized carbons (Fsp3) is 0.471. The molecule has 1 saturated heterocycles. The molecule has 0 saturated carbocycles. The molecule has 1 unspecified atom stereocenters. The second-order valence-corrected chi connectivity index (χ2v) is 6.99. The third kappa shape index (κ3) is 2.15. The van der Waals surface area contributed by atoms with E-state index >= 15 is 0 Å². The lowest BCUT2D eigenvalue weighted by Crippen LogP contribution is -2.55. The number of fused-ring (bicyclic) bond motifs is 2. The molecule has 22 heavy (non-hydrogen) atoms. The van der Waals surface area contributed by atoms with Crippen LogP contribution in [0.25, 0.3) is 0 Å². The van der Waals surface area contributed by atoms with E-state index in [4.69, 9.17) is 12.2 Å². The van der Waals surface area contributed by atoms with Crippen LogP contribution in [0.2, 0.25) is 0 Å². The number of piperidine rings is 1. The Labute approximate surface area is 137 Å². The summed E-state index contributed by atoms with van der Waals surface area (Å²) >= 11 is 5.45. The zero-order valence-electron chi connectivity index (χ0n) is 13.1. The Balaban J connectivity index is 1.73. The van der Waals surface area contributed by atoms with Crippen LogP contribution in [0.3, 0.4) is 0 Å². The van der Waals surface area contributed by atoms with E-state index in [9.17, 15) is 0 Å². The zero-order chi connectivity index (χ0) is 15.3. The monoisotopic (exact) mass is 314 g/mol. The molecule has 1 fully saturated rings. The minimum Gasteiger partial charge on any atom is -0.378 e. The molecule has 0 aromatic heterocycles. The average molecular weight is 314 g/mol. The first-order chi connectivity index (χ1) is 10.6. The van der Waals surface area contributed by atoms with E-state index in [2.05, 4.69) is 58.8 Å². The summed E-state index contributed by atoms with van der Waals surface area (Å²) in [4.78, 5) is 4.66. The van der Waals surface area contributed by atoms with E-state index in [0.29, 0.717) is 5.92 Å². The molecule has 5 heteroatoms. The summed E-state index contributed by atoms with van der Waals surface area (Å²) in [6.07, 6.45) is 2.50. The summed E-state index contributed by atoms with van der Waals surface area (Å²) < 4.78 is 0. The summed E-state index contributed by atoms with van der Waals surface area (Å²) in [5, 5.41) is 7.66. The Kier molecular flexibility index (Phi) is 3.26. The first-order valence-electron chi connectivity index (χ1n) is 7.97. The van der Waals surface area contributed by atoms with Crippen molar-refractivity contribution in [2.45, 2.75) is 18.9 Å². The maximum absolute atomic E-state index is 5.45. The van der Waals surface area contributed by atoms with E-state index in [1.54, 1.807) is 0 Å². The van der Waals surface area contributed by atoms with Crippen LogP contribution in [-0.4, -0.2) is 37.2 Å². The Morgan fingerprint density at radius 2 is 1.82 bits per heavy atom. The quantitative estimate of drug-likeness (QED) is 0.817. The summed E-state index contributed by atoms with van der Waals surface area (Å²) in [7, 11) is 4.14. The van der Waals surface area contributed by atoms with Gasteiger partial charge in [-0.05, 0) is 42.8 Å². The third-order valence-corrected chi connectivity index (χ3v) is 5.28. The van der Waals surface area contributed by atoms with E-state index < -0.39 is 0 Å². The van der Waals surface area contributed by atoms with Gasteiger partial charge in [0.1, 0.15) is 0 Å². The van der Waals surface area contributed by atoms with Crippen molar-refractivity contribution in [2.24, 2.45) is 5.92 Å². The molecule has 1 atom stereocenters. The van der Waals surface area contributed by atoms with Crippen molar-refractivity contribution >= 4 is 23.0 Å². The molecule has 1 aromatic carbocycles. The first kappa shape index (κ1) is 13.9. The number of hydrogen-bond acceptors (Lipinski definition) is 3. The van der Waals surface area contributed by atoms with Crippen LogP contribution in [-0.2, 0) is 0 Å². The van der Waals surface area contributed by atoms with Gasteiger partial charge in [0.15, 0.2) is 5.11 Å². The van der Waals surface area contributed by atoms with Crippen LogP contribution in [0.1, 0.15) is 24.4 Å². The lowest BCUT2D eigenvalue weighted by Gasteiger charge is -2.49. The van der Waals surface area contributed by atoms with Crippen molar-refractivity contribution in [1.29, 1.82) is 0 Å². The summed E-state index contributed by atoms with van der Waals surface area (Å²) in [6, 6.07) is 8.98. The summed E-state index contributed by atoms with van der Waals surface area (Å²) in [5.41, 5.74) is 5.28. The van der Waals surface area contributed by atoms with E-state index in [0.717, 1.165) is 5.11 Å². The lowest BCUT2D eigenvalue weighted by atomic mass is 9.82. The number of anilines is 1. The average Bonchev–Trinajstić information content (AvgIpc) is 2.55. The third-order valence-electron chi connectivity index (χ3n) is 5.06. The van der Waals surface area contributed by atoms with Crippen LogP contribution < -0.4 is 15.5 Å². The predicted octanol–water partition coefficient (Wildman–Crippen LogP) is 2.21. The van der Waals surface area contributed by atoms with E-state index in [1.807, 2.05) is 0 Å². The SMILES string of the molecule is CN(C)c1ccc(C2NC(=S)NC3=C2N2CCC3CC2)cc1. The fourth-order valence-electron chi connectivity index (χ4n) is 3.86. The van der Waals surface area contributed by atoms with Gasteiger partial charge in [0.05, 0.1) is 11.7 Å². The highest BCUT2D eigenvalue weighted by Gasteiger charge is 2.40. The molecule has 5 rings (SSSR count). The van der Waals surface area contributed by atoms with Gasteiger partial charge in [-0.3, -0.25) is 0 Å². The minimum absolute atomic E-state index is 0.183. The van der Waals surface area contributed by atoms with E-state index in [-0.39, 0.29) is 6.04 Å². The van der Waals surface area contributed by atoms with Gasteiger partial charge in [-0.15, -0.1) is 0 Å². The van der Waals surface area contributed by atoms with Gasteiger partial charge in [-0.2, -0.15) is 0 Å². The number of hydrogen-bond donors (Lipinski definition) is 2. The highest BCUT2D eigenvalue weighted by atomic mass is 32.1. The van der Waals surface area contributed by atoms with Gasteiger partial charge >= 0.3 is 0 Å². The van der Waals surface area contributed by atoms with Crippen LogP contribution >= 0.6 is 12.2 Å². The van der Waals surface area contributed by atoms with Crippen molar-refractivity contribution < 1.29 is 0 Å². The number of rotatable bonds is 2. The van der Waals surface area contributed by atoms with Crippen molar-refractivity contribution in [3.63, 3.8) is 0 Å². The van der Waals surface area contributed by atoms with Crippen LogP contribution in [0, 0.1) is 5.92 Å². The molecule has 4 nitrogen and oxygen atoms in total. The normalized spacial score (nSPS) is 24.0. The van der Waals surface area contributed by atoms with Crippen LogP contribution in [0.5, 0.6) is 0 Å². The van der Waals surface area contributed by atoms with Crippen molar-refractivity contribution in [3.05, 3.63) is 41.2 Å². The standard InChI is InChI=1S/C17H22N4S/c1-20(2)13-5-3-11(4-6-13)14-16-15(19-17(22)18-14)12-7-9-21(16)10-8-12/h3-6,12,14H,7-10H2,1-2H3,(H2,18,19,22). The maximum atomic E-state index is 5.45. The summed E-state index contributed by atoms with van der Waals surface area (Å²) in [6.45, 7) is 2.35. The van der Waals surface area contributed by atoms with Crippen LogP contribution in [0.4, 0.5) is 5.69 Å². The molecule has 0 amide bonds. The van der Waals surface area contributed by atoms with Crippen LogP contribution in [0.15, 0.2) is 35.7 Å². The number of nitrogens with one attached hydrogen (secondary N) is 2. The summed E-state index contributed by atoms with van der Waals surface area (Å²) in [5.74, 6) is 0.656. The molecule has 1 aromatic rings. The Bertz CT molecular complexity index is 627. The van der Waals surface area contributed by atoms with Gasteiger partial charge in [0.2, 0.25) is 0 Å². The van der Waals surface area contributed by atoms with Crippen molar-refractivity contribution in [2.75, 3.05) is 32.1 Å². The van der Waals surface area contributed by atoms with Crippen molar-refractivity contribution in [3.8, 4) is 0 Å². The van der Waals surface area contributed by atoms with Gasteiger partial charge in [-0.25, -0.2) is 0 Å². The van der Waals surface area contributed by atoms with Gasteiger partial charge in [-0.1, -0.05) is 12.1 Å². The van der Waals surface area contributed by atoms with Gasteiger partial charge in [0, 0.05) is 44.5 Å². The highest BCUT2D eigenvalue weighted by Crippen LogP contribution is 2.41. The molecule has 116 valence electrons. The Morgan fingerprint density at radius 1 is 1.14 bits per heavy atom. The molecule has 4 aliphatic rings. The highest BCUT2D eigenvalue weighted by molar-refractivity contribution is 7.80. The zero-order valence-corrected chi connectivity index (χ0v) is 13.9. The Morgan fingerprint density at radius 3 is 2.45 bits per heavy atom. The molecule has 0 aliphatic carbocycles. The number of thiocarbonyl (C=S) groups is 1. The van der Waals surface area contributed by atoms with Gasteiger partial charge < -0.3 is 20.4 Å². The topological polar surface area (TPSA) is 30.5 Å². The molecule has 2 bridgehead atoms. The number of nitrogens with zero attached hydrogens (tertiary/aromatic N) is 2. The fourth-order valence-corrected chi connectivity index (χ4v) is 4.08. The van der Waals surface area contributed by atoms with E-state index in [1.165, 1.54) is 48.6 Å². The van der Waals surface area contributed by atoms with Crippen molar-refractivity contribution in [1.82, 2.24) is 15.5 Å². The maximum Gasteiger partial charge on any atom is 0.171 e. The van der Waals surface area contributed by atoms with Gasteiger partial charge in [0.25, 0.3) is 0 Å². The Hall–Kier alpha value is -1.75. The molecule has 0 spiro atoms.